The molecule has 2 aromatic heterocycles. The average molecular weight is 366 g/mol. The zero-order chi connectivity index (χ0) is 19.1. The average Bonchev–Trinajstić information content (AvgIpc) is 2.69. The van der Waals surface area contributed by atoms with Crippen LogP contribution in [0.2, 0.25) is 0 Å². The number of pyridine rings is 1. The number of nitro groups is 1. The molecule has 0 bridgehead atoms. The Kier molecular flexibility index (Phi) is 5.85. The molecule has 0 saturated carbocycles. The molecule has 138 valence electrons. The second kappa shape index (κ2) is 8.68. The number of benzene rings is 1. The van der Waals surface area contributed by atoms with Gasteiger partial charge in [-0.15, -0.1) is 0 Å². The summed E-state index contributed by atoms with van der Waals surface area (Å²) < 4.78 is 0. The van der Waals surface area contributed by atoms with E-state index in [1.807, 2.05) is 12.1 Å². The first-order valence-electron chi connectivity index (χ1n) is 8.31. The smallest absolute Gasteiger partial charge is 0.269 e. The summed E-state index contributed by atoms with van der Waals surface area (Å²) in [6, 6.07) is 11.6. The fourth-order valence-corrected chi connectivity index (χ4v) is 2.35. The molecule has 0 unspecified atom stereocenters. The van der Waals surface area contributed by atoms with Crippen molar-refractivity contribution in [2.24, 2.45) is 0 Å². The van der Waals surface area contributed by atoms with E-state index in [2.05, 4.69) is 25.6 Å². The number of hydrogen-bond acceptors (Lipinski definition) is 8. The first kappa shape index (κ1) is 18.2. The molecule has 9 heteroatoms. The van der Waals surface area contributed by atoms with E-state index < -0.39 is 4.92 Å². The zero-order valence-electron chi connectivity index (χ0n) is 14.4. The van der Waals surface area contributed by atoms with E-state index in [0.29, 0.717) is 36.1 Å². The highest BCUT2D eigenvalue weighted by Crippen LogP contribution is 2.24. The third kappa shape index (κ3) is 4.95. The lowest BCUT2D eigenvalue weighted by Gasteiger charge is -2.11. The van der Waals surface area contributed by atoms with Crippen molar-refractivity contribution in [1.29, 1.82) is 0 Å². The molecule has 0 aliphatic heterocycles. The third-order valence-corrected chi connectivity index (χ3v) is 3.65. The van der Waals surface area contributed by atoms with E-state index in [9.17, 15) is 10.1 Å². The Morgan fingerprint density at radius 2 is 1.96 bits per heavy atom. The fraction of sp³-hybridized carbons (Fsp3) is 0.167. The van der Waals surface area contributed by atoms with E-state index >= 15 is 0 Å². The topological polar surface area (TPSA) is 126 Å². The van der Waals surface area contributed by atoms with Gasteiger partial charge < -0.3 is 15.7 Å². The van der Waals surface area contributed by atoms with Crippen molar-refractivity contribution in [3.05, 3.63) is 65.0 Å². The van der Waals surface area contributed by atoms with E-state index in [1.165, 1.54) is 12.1 Å². The molecule has 0 atom stereocenters. The molecule has 3 aromatic rings. The molecule has 0 radical (unpaired) electrons. The standard InChI is InChI=1S/C18H18N6O3/c25-10-2-9-20-18-22-16(13-3-1-8-19-12-13)11-17(23-18)21-14-4-6-15(7-5-14)24(26)27/h1,3-8,11-12,25H,2,9-10H2,(H2,20,21,22,23). The number of anilines is 3. The molecular weight excluding hydrogens is 348 g/mol. The van der Waals surface area contributed by atoms with E-state index in [4.69, 9.17) is 5.11 Å². The van der Waals surface area contributed by atoms with Crippen LogP contribution in [0.5, 0.6) is 0 Å². The predicted molar refractivity (Wildman–Crippen MR) is 102 cm³/mol. The fourth-order valence-electron chi connectivity index (χ4n) is 2.35. The lowest BCUT2D eigenvalue weighted by atomic mass is 10.2. The van der Waals surface area contributed by atoms with Crippen molar-refractivity contribution in [3.63, 3.8) is 0 Å². The minimum atomic E-state index is -0.446. The van der Waals surface area contributed by atoms with Crippen LogP contribution in [0.15, 0.2) is 54.9 Å². The van der Waals surface area contributed by atoms with Crippen molar-refractivity contribution in [3.8, 4) is 11.3 Å². The second-order valence-corrected chi connectivity index (χ2v) is 5.64. The van der Waals surface area contributed by atoms with Gasteiger partial charge in [0.25, 0.3) is 5.69 Å². The first-order chi connectivity index (χ1) is 13.2. The van der Waals surface area contributed by atoms with Crippen LogP contribution >= 0.6 is 0 Å². The number of nitrogens with one attached hydrogen (secondary N) is 2. The van der Waals surface area contributed by atoms with E-state index in [0.717, 1.165) is 5.56 Å². The van der Waals surface area contributed by atoms with Gasteiger partial charge >= 0.3 is 0 Å². The first-order valence-corrected chi connectivity index (χ1v) is 8.31. The van der Waals surface area contributed by atoms with Gasteiger partial charge in [0.1, 0.15) is 5.82 Å². The van der Waals surface area contributed by atoms with Crippen LogP contribution in [0.25, 0.3) is 11.3 Å². The van der Waals surface area contributed by atoms with Gasteiger partial charge in [-0.05, 0) is 30.7 Å². The number of aromatic nitrogens is 3. The monoisotopic (exact) mass is 366 g/mol. The molecule has 2 heterocycles. The van der Waals surface area contributed by atoms with Crippen molar-refractivity contribution in [2.45, 2.75) is 6.42 Å². The van der Waals surface area contributed by atoms with Gasteiger partial charge in [0.05, 0.1) is 10.6 Å². The summed E-state index contributed by atoms with van der Waals surface area (Å²) >= 11 is 0. The number of aliphatic hydroxyl groups is 1. The number of rotatable bonds is 8. The molecular formula is C18H18N6O3. The highest BCUT2D eigenvalue weighted by Gasteiger charge is 2.09. The highest BCUT2D eigenvalue weighted by molar-refractivity contribution is 5.67. The second-order valence-electron chi connectivity index (χ2n) is 5.64. The van der Waals surface area contributed by atoms with Crippen LogP contribution < -0.4 is 10.6 Å². The van der Waals surface area contributed by atoms with E-state index in [1.54, 1.807) is 30.6 Å². The number of nitrogens with zero attached hydrogens (tertiary/aromatic N) is 4. The summed E-state index contributed by atoms with van der Waals surface area (Å²) in [5.74, 6) is 0.943. The van der Waals surface area contributed by atoms with Gasteiger partial charge in [-0.25, -0.2) is 4.98 Å². The summed E-state index contributed by atoms with van der Waals surface area (Å²) in [5.41, 5.74) is 2.19. The van der Waals surface area contributed by atoms with Crippen LogP contribution in [0.4, 0.5) is 23.1 Å². The van der Waals surface area contributed by atoms with Gasteiger partial charge in [0.15, 0.2) is 0 Å². The Morgan fingerprint density at radius 1 is 1.15 bits per heavy atom. The molecule has 0 aliphatic rings. The van der Waals surface area contributed by atoms with Crippen LogP contribution in [-0.2, 0) is 0 Å². The molecule has 0 fully saturated rings. The number of nitro benzene ring substituents is 1. The summed E-state index contributed by atoms with van der Waals surface area (Å²) in [6.07, 6.45) is 3.96. The van der Waals surface area contributed by atoms with Crippen molar-refractivity contribution >= 4 is 23.1 Å². The lowest BCUT2D eigenvalue weighted by Crippen LogP contribution is -2.08. The minimum Gasteiger partial charge on any atom is -0.396 e. The van der Waals surface area contributed by atoms with Gasteiger partial charge in [-0.1, -0.05) is 0 Å². The molecule has 1 aromatic carbocycles. The summed E-state index contributed by atoms with van der Waals surface area (Å²) in [4.78, 5) is 23.3. The summed E-state index contributed by atoms with van der Waals surface area (Å²) in [7, 11) is 0. The van der Waals surface area contributed by atoms with Crippen LogP contribution in [-0.4, -0.2) is 38.1 Å². The molecule has 0 spiro atoms. The number of non-ortho nitro benzene ring substituents is 1. The van der Waals surface area contributed by atoms with Gasteiger partial charge in [0.2, 0.25) is 5.95 Å². The van der Waals surface area contributed by atoms with Crippen LogP contribution in [0.1, 0.15) is 6.42 Å². The van der Waals surface area contributed by atoms with Gasteiger partial charge in [0, 0.05) is 55.0 Å². The third-order valence-electron chi connectivity index (χ3n) is 3.65. The molecule has 27 heavy (non-hydrogen) atoms. The maximum atomic E-state index is 10.8. The highest BCUT2D eigenvalue weighted by atomic mass is 16.6. The Bertz CT molecular complexity index is 903. The Labute approximate surface area is 155 Å². The van der Waals surface area contributed by atoms with Crippen molar-refractivity contribution < 1.29 is 10.0 Å². The largest absolute Gasteiger partial charge is 0.396 e. The van der Waals surface area contributed by atoms with Crippen LogP contribution in [0, 0.1) is 10.1 Å². The number of hydrogen-bond donors (Lipinski definition) is 3. The summed E-state index contributed by atoms with van der Waals surface area (Å²) in [5, 5.41) is 25.9. The van der Waals surface area contributed by atoms with Crippen molar-refractivity contribution in [1.82, 2.24) is 15.0 Å². The quantitative estimate of drug-likeness (QED) is 0.315. The zero-order valence-corrected chi connectivity index (χ0v) is 14.4. The molecule has 3 N–H and O–H groups in total. The number of aliphatic hydroxyl groups excluding tert-OH is 1. The predicted octanol–water partition coefficient (Wildman–Crippen LogP) is 2.98. The molecule has 9 nitrogen and oxygen atoms in total. The van der Waals surface area contributed by atoms with Crippen LogP contribution in [0.3, 0.4) is 0 Å². The molecule has 0 aliphatic carbocycles. The molecule has 0 saturated heterocycles. The molecule has 0 amide bonds. The normalized spacial score (nSPS) is 10.4. The Morgan fingerprint density at radius 3 is 2.63 bits per heavy atom. The Hall–Kier alpha value is -3.59. The van der Waals surface area contributed by atoms with Gasteiger partial charge in [-0.2, -0.15) is 4.98 Å². The van der Waals surface area contributed by atoms with Gasteiger partial charge in [-0.3, -0.25) is 15.1 Å². The maximum Gasteiger partial charge on any atom is 0.269 e. The van der Waals surface area contributed by atoms with E-state index in [-0.39, 0.29) is 12.3 Å². The molecule has 3 rings (SSSR count). The summed E-state index contributed by atoms with van der Waals surface area (Å²) in [6.45, 7) is 0.604. The lowest BCUT2D eigenvalue weighted by molar-refractivity contribution is -0.384. The SMILES string of the molecule is O=[N+]([O-])c1ccc(Nc2cc(-c3cccnc3)nc(NCCCO)n2)cc1. The Balaban J connectivity index is 1.88. The maximum absolute atomic E-state index is 10.8. The van der Waals surface area contributed by atoms with Crippen molar-refractivity contribution in [2.75, 3.05) is 23.8 Å². The minimum absolute atomic E-state index is 0.0191.